The molecule has 4 aromatic rings. The number of nitrogens with two attached hydrogens (primary N) is 1. The van der Waals surface area contributed by atoms with Crippen LogP contribution in [0.15, 0.2) is 52.3 Å². The third kappa shape index (κ3) is 3.04. The molecule has 2 aromatic carbocycles. The van der Waals surface area contributed by atoms with Crippen molar-refractivity contribution >= 4 is 63.3 Å². The fraction of sp³-hybridized carbons (Fsp3) is 0. The van der Waals surface area contributed by atoms with Crippen LogP contribution in [-0.4, -0.2) is 12.1 Å². The number of rotatable bonds is 4. The Kier molecular flexibility index (Phi) is 4.52. The van der Waals surface area contributed by atoms with Gasteiger partial charge in [0.1, 0.15) is 5.58 Å². The molecule has 2 aromatic heterocycles. The van der Waals surface area contributed by atoms with Crippen LogP contribution in [0, 0.1) is 0 Å². The van der Waals surface area contributed by atoms with Gasteiger partial charge in [-0.25, -0.2) is 0 Å². The van der Waals surface area contributed by atoms with Crippen molar-refractivity contribution in [3.8, 4) is 11.1 Å². The predicted octanol–water partition coefficient (Wildman–Crippen LogP) is 6.09. The highest BCUT2D eigenvalue weighted by atomic mass is 35.5. The van der Waals surface area contributed by atoms with Crippen molar-refractivity contribution in [2.75, 3.05) is 5.73 Å². The third-order valence-electron chi connectivity index (χ3n) is 4.22. The molecule has 0 radical (unpaired) electrons. The molecule has 0 saturated carbocycles. The Labute approximate surface area is 168 Å². The molecule has 0 aliphatic carbocycles. The molecule has 0 bridgehead atoms. The minimum Gasteiger partial charge on any atom is -0.450 e. The lowest BCUT2D eigenvalue weighted by molar-refractivity contribution is 0.101. The van der Waals surface area contributed by atoms with Crippen LogP contribution >= 0.6 is 34.5 Å². The van der Waals surface area contributed by atoms with Gasteiger partial charge in [-0.3, -0.25) is 9.59 Å². The van der Waals surface area contributed by atoms with E-state index in [1.165, 1.54) is 23.5 Å². The van der Waals surface area contributed by atoms with Gasteiger partial charge in [0.2, 0.25) is 5.78 Å². The summed E-state index contributed by atoms with van der Waals surface area (Å²) in [5.74, 6) is -0.400. The lowest BCUT2D eigenvalue weighted by Crippen LogP contribution is -2.03. The fourth-order valence-corrected chi connectivity index (χ4v) is 4.11. The predicted molar refractivity (Wildman–Crippen MR) is 109 cm³/mol. The Morgan fingerprint density at radius 3 is 2.67 bits per heavy atom. The average molecular weight is 416 g/mol. The normalized spacial score (nSPS) is 11.0. The van der Waals surface area contributed by atoms with Gasteiger partial charge in [-0.2, -0.15) is 0 Å². The molecule has 0 aliphatic heterocycles. The van der Waals surface area contributed by atoms with E-state index in [4.69, 9.17) is 33.4 Å². The summed E-state index contributed by atoms with van der Waals surface area (Å²) in [7, 11) is 0. The highest BCUT2D eigenvalue weighted by Gasteiger charge is 2.22. The zero-order valence-electron chi connectivity index (χ0n) is 13.7. The Morgan fingerprint density at radius 1 is 1.11 bits per heavy atom. The van der Waals surface area contributed by atoms with Gasteiger partial charge in [0, 0.05) is 21.5 Å². The molecule has 0 saturated heterocycles. The Hall–Kier alpha value is -2.60. The smallest absolute Gasteiger partial charge is 0.231 e. The summed E-state index contributed by atoms with van der Waals surface area (Å²) in [6, 6.07) is 11.8. The number of benzene rings is 2. The van der Waals surface area contributed by atoms with Gasteiger partial charge in [-0.1, -0.05) is 29.3 Å². The first-order chi connectivity index (χ1) is 13.0. The van der Waals surface area contributed by atoms with Crippen LogP contribution in [0.2, 0.25) is 10.0 Å². The maximum Gasteiger partial charge on any atom is 0.231 e. The highest BCUT2D eigenvalue weighted by molar-refractivity contribution is 7.12. The second-order valence-electron chi connectivity index (χ2n) is 5.83. The van der Waals surface area contributed by atoms with Crippen molar-refractivity contribution in [2.24, 2.45) is 0 Å². The van der Waals surface area contributed by atoms with Crippen molar-refractivity contribution in [1.82, 2.24) is 0 Å². The van der Waals surface area contributed by atoms with E-state index >= 15 is 0 Å². The SMILES string of the molecule is Nc1c(C(=O)c2ccc(Cl)cc2Cl)oc2cc(-c3ccsc3C=O)ccc12. The highest BCUT2D eigenvalue weighted by Crippen LogP contribution is 2.36. The topological polar surface area (TPSA) is 73.3 Å². The summed E-state index contributed by atoms with van der Waals surface area (Å²) in [6.45, 7) is 0. The van der Waals surface area contributed by atoms with E-state index < -0.39 is 5.78 Å². The van der Waals surface area contributed by atoms with Gasteiger partial charge in [0.15, 0.2) is 12.0 Å². The van der Waals surface area contributed by atoms with Gasteiger partial charge in [0.25, 0.3) is 0 Å². The van der Waals surface area contributed by atoms with E-state index in [1.54, 1.807) is 18.2 Å². The number of fused-ring (bicyclic) bond motifs is 1. The molecule has 0 amide bonds. The number of nitrogen functional groups attached to an aromatic ring is 1. The monoisotopic (exact) mass is 415 g/mol. The number of ketones is 1. The Bertz CT molecular complexity index is 1210. The molecule has 2 heterocycles. The third-order valence-corrected chi connectivity index (χ3v) is 5.61. The number of hydrogen-bond acceptors (Lipinski definition) is 5. The van der Waals surface area contributed by atoms with Crippen LogP contribution in [0.1, 0.15) is 25.8 Å². The molecule has 2 N–H and O–H groups in total. The molecule has 4 rings (SSSR count). The maximum absolute atomic E-state index is 12.8. The van der Waals surface area contributed by atoms with Crippen LogP contribution in [0.5, 0.6) is 0 Å². The van der Waals surface area contributed by atoms with Gasteiger partial charge >= 0.3 is 0 Å². The van der Waals surface area contributed by atoms with E-state index in [1.807, 2.05) is 17.5 Å². The van der Waals surface area contributed by atoms with Crippen LogP contribution in [-0.2, 0) is 0 Å². The number of halogens is 2. The molecule has 0 aliphatic rings. The van der Waals surface area contributed by atoms with Gasteiger partial charge < -0.3 is 10.2 Å². The van der Waals surface area contributed by atoms with Crippen LogP contribution in [0.4, 0.5) is 5.69 Å². The maximum atomic E-state index is 12.8. The van der Waals surface area contributed by atoms with E-state index in [9.17, 15) is 9.59 Å². The molecular weight excluding hydrogens is 405 g/mol. The molecule has 27 heavy (non-hydrogen) atoms. The molecule has 0 unspecified atom stereocenters. The number of thiophene rings is 1. The number of furan rings is 1. The van der Waals surface area contributed by atoms with Gasteiger partial charge in [-0.05, 0) is 47.3 Å². The van der Waals surface area contributed by atoms with Crippen molar-refractivity contribution < 1.29 is 14.0 Å². The zero-order chi connectivity index (χ0) is 19.1. The molecule has 0 spiro atoms. The lowest BCUT2D eigenvalue weighted by atomic mass is 10.0. The lowest BCUT2D eigenvalue weighted by Gasteiger charge is -2.02. The van der Waals surface area contributed by atoms with E-state index in [2.05, 4.69) is 0 Å². The van der Waals surface area contributed by atoms with Gasteiger partial charge in [-0.15, -0.1) is 11.3 Å². The summed E-state index contributed by atoms with van der Waals surface area (Å²) in [4.78, 5) is 24.6. The second-order valence-corrected chi connectivity index (χ2v) is 7.62. The van der Waals surface area contributed by atoms with Crippen molar-refractivity contribution in [2.45, 2.75) is 0 Å². The number of hydrogen-bond donors (Lipinski definition) is 1. The van der Waals surface area contributed by atoms with Gasteiger partial charge in [0.05, 0.1) is 15.6 Å². The van der Waals surface area contributed by atoms with Crippen molar-refractivity contribution in [3.05, 3.63) is 74.1 Å². The number of anilines is 1. The summed E-state index contributed by atoms with van der Waals surface area (Å²) in [6.07, 6.45) is 0.818. The molecule has 0 fully saturated rings. The number of carbonyl (C=O) groups excluding carboxylic acids is 2. The summed E-state index contributed by atoms with van der Waals surface area (Å²) in [5.41, 5.74) is 8.72. The molecular formula is C20H11Cl2NO3S. The van der Waals surface area contributed by atoms with Crippen LogP contribution in [0.25, 0.3) is 22.1 Å². The largest absolute Gasteiger partial charge is 0.450 e. The van der Waals surface area contributed by atoms with Crippen molar-refractivity contribution in [1.29, 1.82) is 0 Å². The quantitative estimate of drug-likeness (QED) is 0.323. The first-order valence-electron chi connectivity index (χ1n) is 7.84. The molecule has 4 nitrogen and oxygen atoms in total. The van der Waals surface area contributed by atoms with Crippen molar-refractivity contribution in [3.63, 3.8) is 0 Å². The van der Waals surface area contributed by atoms with E-state index in [0.717, 1.165) is 17.4 Å². The second kappa shape index (κ2) is 6.85. The zero-order valence-corrected chi connectivity index (χ0v) is 16.0. The summed E-state index contributed by atoms with van der Waals surface area (Å²) in [5, 5.41) is 3.12. The standard InChI is InChI=1S/C20H11Cl2NO3S/c21-11-2-4-13(15(22)8-11)19(25)20-18(23)14-3-1-10(7-16(14)26-20)12-5-6-27-17(12)9-24/h1-9H,23H2. The first kappa shape index (κ1) is 17.8. The van der Waals surface area contributed by atoms with E-state index in [0.29, 0.717) is 20.9 Å². The average Bonchev–Trinajstić information content (AvgIpc) is 3.25. The number of aldehydes is 1. The fourth-order valence-electron chi connectivity index (χ4n) is 2.90. The Morgan fingerprint density at radius 2 is 1.93 bits per heavy atom. The molecule has 0 atom stereocenters. The minimum absolute atomic E-state index is 0.0206. The molecule has 134 valence electrons. The number of carbonyl (C=O) groups is 2. The summed E-state index contributed by atoms with van der Waals surface area (Å²) >= 11 is 13.4. The van der Waals surface area contributed by atoms with E-state index in [-0.39, 0.29) is 22.0 Å². The van der Waals surface area contributed by atoms with Crippen LogP contribution in [0.3, 0.4) is 0 Å². The summed E-state index contributed by atoms with van der Waals surface area (Å²) < 4.78 is 5.76. The van der Waals surface area contributed by atoms with Crippen LogP contribution < -0.4 is 5.73 Å². The minimum atomic E-state index is -0.420. The first-order valence-corrected chi connectivity index (χ1v) is 9.48. The Balaban J connectivity index is 1.82. The molecule has 7 heteroatoms.